The number of halogens is 3. The van der Waals surface area contributed by atoms with E-state index in [-0.39, 0.29) is 16.5 Å². The third kappa shape index (κ3) is 5.36. The van der Waals surface area contributed by atoms with Gasteiger partial charge >= 0.3 is 6.18 Å². The topological polar surface area (TPSA) is 89.6 Å². The Kier molecular flexibility index (Phi) is 6.72. The zero-order chi connectivity index (χ0) is 20.1. The number of thioether (sulfide) groups is 1. The van der Waals surface area contributed by atoms with Crippen LogP contribution >= 0.6 is 11.8 Å². The number of hydrogen-bond acceptors (Lipinski definition) is 5. The van der Waals surface area contributed by atoms with Crippen molar-refractivity contribution >= 4 is 17.7 Å². The first-order valence-electron chi connectivity index (χ1n) is 8.55. The number of rotatable bonds is 4. The molecule has 0 aliphatic heterocycles. The van der Waals surface area contributed by atoms with Crippen molar-refractivity contribution in [2.75, 3.05) is 5.75 Å². The minimum atomic E-state index is -4.68. The molecule has 1 saturated carbocycles. The average molecular weight is 396 g/mol. The highest BCUT2D eigenvalue weighted by Gasteiger charge is 2.36. The van der Waals surface area contributed by atoms with Gasteiger partial charge in [-0.1, -0.05) is 37.4 Å². The van der Waals surface area contributed by atoms with Gasteiger partial charge in [0.25, 0.3) is 0 Å². The number of pyridine rings is 1. The first-order chi connectivity index (χ1) is 12.7. The summed E-state index contributed by atoms with van der Waals surface area (Å²) in [4.78, 5) is 16.3. The molecule has 1 aliphatic rings. The molecule has 0 spiro atoms. The van der Waals surface area contributed by atoms with E-state index in [1.807, 2.05) is 0 Å². The van der Waals surface area contributed by atoms with Crippen molar-refractivity contribution in [3.8, 4) is 12.1 Å². The number of aryl methyl sites for hydroxylation is 1. The lowest BCUT2D eigenvalue weighted by Gasteiger charge is -2.26. The number of nitrogens with one attached hydrogen (secondary N) is 1. The molecule has 144 valence electrons. The number of hydrogen-bond donors (Lipinski definition) is 1. The molecule has 1 amide bonds. The lowest BCUT2D eigenvalue weighted by Crippen LogP contribution is -2.47. The third-order valence-corrected chi connectivity index (χ3v) is 5.40. The molecule has 2 rings (SSSR count). The monoisotopic (exact) mass is 396 g/mol. The molecule has 1 aromatic heterocycles. The molecule has 5 nitrogen and oxygen atoms in total. The molecule has 0 radical (unpaired) electrons. The summed E-state index contributed by atoms with van der Waals surface area (Å²) in [5, 5.41) is 21.2. The van der Waals surface area contributed by atoms with Crippen LogP contribution in [-0.2, 0) is 11.0 Å². The Morgan fingerprint density at radius 1 is 1.30 bits per heavy atom. The molecule has 1 heterocycles. The van der Waals surface area contributed by atoms with Crippen LogP contribution in [0.15, 0.2) is 11.1 Å². The second-order valence-electron chi connectivity index (χ2n) is 6.55. The SMILES string of the molecule is Cc1cc(C(F)(F)F)c(C#N)c(SCC(=O)NC2(C#N)CCCCCC2)n1. The highest BCUT2D eigenvalue weighted by Crippen LogP contribution is 2.36. The summed E-state index contributed by atoms with van der Waals surface area (Å²) in [5.41, 5.74) is -2.46. The highest BCUT2D eigenvalue weighted by atomic mass is 32.2. The van der Waals surface area contributed by atoms with Gasteiger partial charge in [-0.25, -0.2) is 4.98 Å². The summed E-state index contributed by atoms with van der Waals surface area (Å²) in [6.45, 7) is 1.40. The number of alkyl halides is 3. The normalized spacial score (nSPS) is 16.7. The van der Waals surface area contributed by atoms with E-state index in [2.05, 4.69) is 16.4 Å². The highest BCUT2D eigenvalue weighted by molar-refractivity contribution is 8.00. The van der Waals surface area contributed by atoms with E-state index >= 15 is 0 Å². The zero-order valence-corrected chi connectivity index (χ0v) is 15.6. The van der Waals surface area contributed by atoms with Gasteiger partial charge in [0, 0.05) is 5.69 Å². The van der Waals surface area contributed by atoms with E-state index < -0.39 is 28.7 Å². The summed E-state index contributed by atoms with van der Waals surface area (Å²) >= 11 is 0.772. The molecule has 1 aromatic rings. The van der Waals surface area contributed by atoms with Crippen LogP contribution in [0.2, 0.25) is 0 Å². The molecule has 1 fully saturated rings. The maximum absolute atomic E-state index is 13.1. The number of nitrogens with zero attached hydrogens (tertiary/aromatic N) is 3. The summed E-state index contributed by atoms with van der Waals surface area (Å²) in [6.07, 6.45) is 0.137. The maximum Gasteiger partial charge on any atom is 0.417 e. The fraction of sp³-hybridized carbons (Fsp3) is 0.556. The minimum Gasteiger partial charge on any atom is -0.337 e. The van der Waals surface area contributed by atoms with Gasteiger partial charge in [0.1, 0.15) is 16.6 Å². The summed E-state index contributed by atoms with van der Waals surface area (Å²) in [6, 6.07) is 4.55. The van der Waals surface area contributed by atoms with Gasteiger partial charge in [0.15, 0.2) is 0 Å². The quantitative estimate of drug-likeness (QED) is 0.611. The van der Waals surface area contributed by atoms with Gasteiger partial charge in [-0.2, -0.15) is 23.7 Å². The fourth-order valence-electron chi connectivity index (χ4n) is 3.11. The lowest BCUT2D eigenvalue weighted by molar-refractivity contribution is -0.138. The third-order valence-electron chi connectivity index (χ3n) is 4.42. The Morgan fingerprint density at radius 3 is 2.44 bits per heavy atom. The van der Waals surface area contributed by atoms with Crippen molar-refractivity contribution in [1.82, 2.24) is 10.3 Å². The second-order valence-corrected chi connectivity index (χ2v) is 7.51. The number of carbonyl (C=O) groups is 1. The van der Waals surface area contributed by atoms with Gasteiger partial charge in [-0.3, -0.25) is 4.79 Å². The molecule has 0 atom stereocenters. The predicted molar refractivity (Wildman–Crippen MR) is 93.6 cm³/mol. The zero-order valence-electron chi connectivity index (χ0n) is 14.8. The van der Waals surface area contributed by atoms with E-state index in [1.54, 1.807) is 6.07 Å². The molecule has 27 heavy (non-hydrogen) atoms. The van der Waals surface area contributed by atoms with Crippen LogP contribution in [0.3, 0.4) is 0 Å². The molecule has 1 aliphatic carbocycles. The largest absolute Gasteiger partial charge is 0.417 e. The van der Waals surface area contributed by atoms with Crippen LogP contribution in [-0.4, -0.2) is 22.2 Å². The molecule has 0 aromatic carbocycles. The van der Waals surface area contributed by atoms with Gasteiger partial charge in [0.2, 0.25) is 5.91 Å². The van der Waals surface area contributed by atoms with Crippen molar-refractivity contribution in [2.24, 2.45) is 0 Å². The molecule has 1 N–H and O–H groups in total. The van der Waals surface area contributed by atoms with Crippen LogP contribution in [0.25, 0.3) is 0 Å². The number of carbonyl (C=O) groups excluding carboxylic acids is 1. The van der Waals surface area contributed by atoms with Crippen molar-refractivity contribution in [1.29, 1.82) is 10.5 Å². The molecule has 0 saturated heterocycles. The Morgan fingerprint density at radius 2 is 1.93 bits per heavy atom. The van der Waals surface area contributed by atoms with Gasteiger partial charge in [-0.15, -0.1) is 0 Å². The Hall–Kier alpha value is -2.26. The van der Waals surface area contributed by atoms with E-state index in [0.717, 1.165) is 43.5 Å². The fourth-order valence-corrected chi connectivity index (χ4v) is 3.96. The van der Waals surface area contributed by atoms with Crippen LogP contribution in [0, 0.1) is 29.6 Å². The predicted octanol–water partition coefficient (Wildman–Crippen LogP) is 4.11. The van der Waals surface area contributed by atoms with Crippen molar-refractivity contribution < 1.29 is 18.0 Å². The second kappa shape index (κ2) is 8.62. The van der Waals surface area contributed by atoms with Crippen molar-refractivity contribution in [3.05, 3.63) is 22.9 Å². The molecule has 0 bridgehead atoms. The van der Waals surface area contributed by atoms with Crippen LogP contribution < -0.4 is 5.32 Å². The number of nitriles is 2. The summed E-state index contributed by atoms with van der Waals surface area (Å²) in [7, 11) is 0. The average Bonchev–Trinajstić information content (AvgIpc) is 2.84. The van der Waals surface area contributed by atoms with Crippen molar-refractivity contribution in [2.45, 2.75) is 62.2 Å². The van der Waals surface area contributed by atoms with Crippen LogP contribution in [0.1, 0.15) is 55.3 Å². The Balaban J connectivity index is 2.14. The molecule has 0 unspecified atom stereocenters. The maximum atomic E-state index is 13.1. The van der Waals surface area contributed by atoms with E-state index in [1.165, 1.54) is 6.92 Å². The molecule has 9 heteroatoms. The van der Waals surface area contributed by atoms with E-state index in [4.69, 9.17) is 5.26 Å². The molecular formula is C18H19F3N4OS. The Labute approximate surface area is 160 Å². The van der Waals surface area contributed by atoms with E-state index in [9.17, 15) is 23.2 Å². The summed E-state index contributed by atoms with van der Waals surface area (Å²) in [5.74, 6) is -0.671. The minimum absolute atomic E-state index is 0.112. The summed E-state index contributed by atoms with van der Waals surface area (Å²) < 4.78 is 39.4. The van der Waals surface area contributed by atoms with Crippen LogP contribution in [0.4, 0.5) is 13.2 Å². The smallest absolute Gasteiger partial charge is 0.337 e. The standard InChI is InChI=1S/C18H19F3N4OS/c1-12-8-14(18(19,20)21)13(9-22)16(24-12)27-10-15(26)25-17(11-23)6-4-2-3-5-7-17/h8H,2-7,10H2,1H3,(H,25,26). The number of amides is 1. The van der Waals surface area contributed by atoms with Gasteiger partial charge in [-0.05, 0) is 25.8 Å². The first-order valence-corrected chi connectivity index (χ1v) is 9.53. The van der Waals surface area contributed by atoms with E-state index in [0.29, 0.717) is 12.8 Å². The van der Waals surface area contributed by atoms with Crippen LogP contribution in [0.5, 0.6) is 0 Å². The van der Waals surface area contributed by atoms with Crippen molar-refractivity contribution in [3.63, 3.8) is 0 Å². The Bertz CT molecular complexity index is 788. The van der Waals surface area contributed by atoms with Gasteiger partial charge in [0.05, 0.1) is 22.9 Å². The number of aromatic nitrogens is 1. The van der Waals surface area contributed by atoms with Gasteiger partial charge < -0.3 is 5.32 Å². The molecular weight excluding hydrogens is 377 g/mol. The lowest BCUT2D eigenvalue weighted by atomic mass is 9.92. The first kappa shape index (κ1) is 21.0.